The molecule has 1 saturated carbocycles. The van der Waals surface area contributed by atoms with Gasteiger partial charge in [0, 0.05) is 30.8 Å². The van der Waals surface area contributed by atoms with Crippen LogP contribution in [0.4, 0.5) is 10.5 Å². The van der Waals surface area contributed by atoms with Gasteiger partial charge >= 0.3 is 6.09 Å². The van der Waals surface area contributed by atoms with Gasteiger partial charge in [-0.05, 0) is 60.8 Å². The number of ether oxygens (including phenoxy) is 3. The topological polar surface area (TPSA) is 111 Å². The molecule has 0 aliphatic heterocycles. The Bertz CT molecular complexity index is 1290. The minimum absolute atomic E-state index is 0.0238. The normalized spacial score (nSPS) is 13.6. The van der Waals surface area contributed by atoms with Crippen LogP contribution in [0.1, 0.15) is 24.0 Å². The molecule has 0 spiro atoms. The van der Waals surface area contributed by atoms with E-state index in [4.69, 9.17) is 14.2 Å². The number of nitrogens with one attached hydrogen (secondary N) is 1. The SMILES string of the molecule is COc1ccc(Br)cc1COCC(=O)Nc1ccc(S(=O)(=O)C2CC2)c(CN(C)C(=O)OCC[Si](C)(C)C)c1. The Morgan fingerprint density at radius 3 is 2.46 bits per heavy atom. The molecule has 0 aromatic heterocycles. The Hall–Kier alpha value is -2.41. The second-order valence-corrected chi connectivity index (χ2v) is 19.6. The molecule has 1 aliphatic rings. The molecule has 2 aromatic rings. The summed E-state index contributed by atoms with van der Waals surface area (Å²) in [5, 5.41) is 2.35. The van der Waals surface area contributed by atoms with Crippen molar-refractivity contribution in [2.75, 3.05) is 32.7 Å². The number of anilines is 1. The highest BCUT2D eigenvalue weighted by Gasteiger charge is 2.38. The quantitative estimate of drug-likeness (QED) is 0.290. The lowest BCUT2D eigenvalue weighted by molar-refractivity contribution is -0.121. The summed E-state index contributed by atoms with van der Waals surface area (Å²) in [6.07, 6.45) is 0.720. The van der Waals surface area contributed by atoms with Gasteiger partial charge in [-0.3, -0.25) is 4.79 Å². The van der Waals surface area contributed by atoms with Crippen molar-refractivity contribution in [1.82, 2.24) is 4.90 Å². The summed E-state index contributed by atoms with van der Waals surface area (Å²) in [5.74, 6) is 0.255. The largest absolute Gasteiger partial charge is 0.496 e. The van der Waals surface area contributed by atoms with Crippen LogP contribution in [0.25, 0.3) is 0 Å². The Balaban J connectivity index is 1.68. The highest BCUT2D eigenvalue weighted by Crippen LogP contribution is 2.36. The fourth-order valence-electron chi connectivity index (χ4n) is 3.80. The van der Waals surface area contributed by atoms with Crippen molar-refractivity contribution in [3.05, 3.63) is 52.0 Å². The predicted octanol–water partition coefficient (Wildman–Crippen LogP) is 5.46. The number of carbonyl (C=O) groups excluding carboxylic acids is 2. The molecule has 2 aromatic carbocycles. The molecule has 0 heterocycles. The van der Waals surface area contributed by atoms with E-state index in [9.17, 15) is 18.0 Å². The van der Waals surface area contributed by atoms with Crippen LogP contribution in [0, 0.1) is 0 Å². The molecule has 0 atom stereocenters. The third-order valence-electron chi connectivity index (χ3n) is 6.14. The van der Waals surface area contributed by atoms with Gasteiger partial charge in [-0.2, -0.15) is 0 Å². The maximum absolute atomic E-state index is 13.1. The predicted molar refractivity (Wildman–Crippen MR) is 157 cm³/mol. The molecule has 0 bridgehead atoms. The zero-order chi connectivity index (χ0) is 28.8. The Morgan fingerprint density at radius 1 is 1.10 bits per heavy atom. The summed E-state index contributed by atoms with van der Waals surface area (Å²) in [4.78, 5) is 26.7. The second kappa shape index (κ2) is 13.3. The van der Waals surface area contributed by atoms with Crippen LogP contribution >= 0.6 is 15.9 Å². The minimum Gasteiger partial charge on any atom is -0.496 e. The molecule has 2 amide bonds. The van der Waals surface area contributed by atoms with E-state index in [2.05, 4.69) is 40.9 Å². The van der Waals surface area contributed by atoms with Gasteiger partial charge in [-0.1, -0.05) is 35.6 Å². The van der Waals surface area contributed by atoms with Crippen LogP contribution in [-0.2, 0) is 37.3 Å². The molecule has 0 saturated heterocycles. The Kier molecular flexibility index (Phi) is 10.6. The summed E-state index contributed by atoms with van der Waals surface area (Å²) >= 11 is 3.41. The standard InChI is InChI=1S/C27H37BrN2O7SSi/c1-30(27(32)37-12-13-39(3,4)5)16-19-15-22(7-11-25(19)38(33,34)23-8-9-23)29-26(31)18-36-17-20-14-21(28)6-10-24(20)35-2/h6-7,10-11,14-15,23H,8-9,12-13,16-18H2,1-5H3,(H,29,31). The van der Waals surface area contributed by atoms with Gasteiger partial charge in [0.15, 0.2) is 9.84 Å². The van der Waals surface area contributed by atoms with E-state index in [0.29, 0.717) is 36.4 Å². The molecular weight excluding hydrogens is 604 g/mol. The summed E-state index contributed by atoms with van der Waals surface area (Å²) < 4.78 is 43.4. The second-order valence-electron chi connectivity index (χ2n) is 10.8. The number of methoxy groups -OCH3 is 1. The van der Waals surface area contributed by atoms with Crippen LogP contribution in [0.15, 0.2) is 45.8 Å². The molecular formula is C27H37BrN2O7SSi. The van der Waals surface area contributed by atoms with Crippen LogP contribution in [0.3, 0.4) is 0 Å². The van der Waals surface area contributed by atoms with E-state index in [1.165, 1.54) is 11.0 Å². The van der Waals surface area contributed by atoms with Crippen LogP contribution in [-0.4, -0.2) is 66.0 Å². The lowest BCUT2D eigenvalue weighted by Gasteiger charge is -2.21. The number of halogens is 1. The van der Waals surface area contributed by atoms with Gasteiger partial charge in [0.25, 0.3) is 0 Å². The van der Waals surface area contributed by atoms with E-state index in [1.54, 1.807) is 32.4 Å². The lowest BCUT2D eigenvalue weighted by Crippen LogP contribution is -2.30. The molecule has 1 fully saturated rings. The zero-order valence-corrected chi connectivity index (χ0v) is 26.5. The van der Waals surface area contributed by atoms with Gasteiger partial charge in [0.1, 0.15) is 12.4 Å². The van der Waals surface area contributed by atoms with Crippen LogP contribution in [0.2, 0.25) is 25.7 Å². The van der Waals surface area contributed by atoms with Crippen molar-refractivity contribution < 1.29 is 32.2 Å². The monoisotopic (exact) mass is 640 g/mol. The van der Waals surface area contributed by atoms with E-state index < -0.39 is 35.2 Å². The first-order valence-corrected chi connectivity index (χ1v) is 18.8. The molecule has 0 radical (unpaired) electrons. The summed E-state index contributed by atoms with van der Waals surface area (Å²) in [6, 6.07) is 11.0. The molecule has 12 heteroatoms. The number of hydrogen-bond donors (Lipinski definition) is 1. The summed E-state index contributed by atoms with van der Waals surface area (Å²) in [7, 11) is -1.76. The summed E-state index contributed by atoms with van der Waals surface area (Å²) in [5.41, 5.74) is 1.62. The maximum atomic E-state index is 13.1. The average Bonchev–Trinajstić information content (AvgIpc) is 3.70. The van der Waals surface area contributed by atoms with Gasteiger partial charge in [-0.25, -0.2) is 13.2 Å². The van der Waals surface area contributed by atoms with Crippen molar-refractivity contribution in [3.63, 3.8) is 0 Å². The third-order valence-corrected chi connectivity index (χ3v) is 10.7. The van der Waals surface area contributed by atoms with Gasteiger partial charge < -0.3 is 24.4 Å². The smallest absolute Gasteiger partial charge is 0.409 e. The number of hydrogen-bond acceptors (Lipinski definition) is 7. The highest BCUT2D eigenvalue weighted by atomic mass is 79.9. The first-order valence-electron chi connectivity index (χ1n) is 12.7. The van der Waals surface area contributed by atoms with Gasteiger partial charge in [0.2, 0.25) is 5.91 Å². The number of amides is 2. The first kappa shape index (κ1) is 31.1. The van der Waals surface area contributed by atoms with Gasteiger partial charge in [-0.15, -0.1) is 0 Å². The lowest BCUT2D eigenvalue weighted by atomic mass is 10.2. The Morgan fingerprint density at radius 2 is 1.82 bits per heavy atom. The van der Waals surface area contributed by atoms with Crippen molar-refractivity contribution in [2.24, 2.45) is 0 Å². The van der Waals surface area contributed by atoms with E-state index in [0.717, 1.165) is 16.1 Å². The first-order chi connectivity index (χ1) is 18.3. The van der Waals surface area contributed by atoms with Crippen molar-refractivity contribution >= 4 is 51.5 Å². The minimum atomic E-state index is -3.53. The van der Waals surface area contributed by atoms with E-state index in [-0.39, 0.29) is 24.7 Å². The summed E-state index contributed by atoms with van der Waals surface area (Å²) in [6.45, 7) is 6.90. The van der Waals surface area contributed by atoms with Crippen molar-refractivity contribution in [1.29, 1.82) is 0 Å². The van der Waals surface area contributed by atoms with Crippen LogP contribution in [0.5, 0.6) is 5.75 Å². The number of sulfone groups is 1. The fourth-order valence-corrected chi connectivity index (χ4v) is 6.79. The number of benzene rings is 2. The molecule has 1 aliphatic carbocycles. The maximum Gasteiger partial charge on any atom is 0.409 e. The Labute approximate surface area is 240 Å². The van der Waals surface area contributed by atoms with E-state index >= 15 is 0 Å². The van der Waals surface area contributed by atoms with Crippen molar-refractivity contribution in [3.8, 4) is 5.75 Å². The number of nitrogens with zero attached hydrogens (tertiary/aromatic N) is 1. The molecule has 9 nitrogen and oxygen atoms in total. The van der Waals surface area contributed by atoms with E-state index in [1.807, 2.05) is 12.1 Å². The van der Waals surface area contributed by atoms with Crippen LogP contribution < -0.4 is 10.1 Å². The number of rotatable bonds is 13. The third kappa shape index (κ3) is 9.33. The molecule has 3 rings (SSSR count). The number of carbonyl (C=O) groups is 2. The molecule has 0 unspecified atom stereocenters. The molecule has 39 heavy (non-hydrogen) atoms. The fraction of sp³-hybridized carbons (Fsp3) is 0.481. The average molecular weight is 642 g/mol. The molecule has 214 valence electrons. The van der Waals surface area contributed by atoms with Crippen molar-refractivity contribution in [2.45, 2.75) is 61.8 Å². The highest BCUT2D eigenvalue weighted by molar-refractivity contribution is 9.10. The zero-order valence-electron chi connectivity index (χ0n) is 23.1. The molecule has 1 N–H and O–H groups in total. The van der Waals surface area contributed by atoms with Gasteiger partial charge in [0.05, 0.1) is 37.0 Å².